The Morgan fingerprint density at radius 2 is 1.80 bits per heavy atom. The summed E-state index contributed by atoms with van der Waals surface area (Å²) < 4.78 is 0. The fourth-order valence-corrected chi connectivity index (χ4v) is 4.07. The van der Waals surface area contributed by atoms with Crippen LogP contribution in [0, 0.1) is 17.2 Å². The van der Waals surface area contributed by atoms with Crippen molar-refractivity contribution in [1.29, 1.82) is 5.26 Å². The zero-order chi connectivity index (χ0) is 17.8. The molecule has 2 fully saturated rings. The van der Waals surface area contributed by atoms with E-state index in [2.05, 4.69) is 28.1 Å². The van der Waals surface area contributed by atoms with Gasteiger partial charge in [0, 0.05) is 32.1 Å². The molecule has 1 aliphatic carbocycles. The van der Waals surface area contributed by atoms with Crippen LogP contribution in [0.2, 0.25) is 0 Å². The van der Waals surface area contributed by atoms with Crippen molar-refractivity contribution in [3.8, 4) is 6.07 Å². The van der Waals surface area contributed by atoms with E-state index in [1.807, 2.05) is 11.8 Å². The molecule has 0 radical (unpaired) electrons. The Hall–Kier alpha value is -2.16. The zero-order valence-electron chi connectivity index (χ0n) is 15.3. The highest BCUT2D eigenvalue weighted by Gasteiger charge is 2.30. The summed E-state index contributed by atoms with van der Waals surface area (Å²) in [6, 6.07) is 2.34. The first-order chi connectivity index (χ1) is 12.2. The molecule has 2 aliphatic rings. The molecular weight excluding hydrogens is 314 g/mol. The molecule has 6 nitrogen and oxygen atoms in total. The summed E-state index contributed by atoms with van der Waals surface area (Å²) in [5, 5.41) is 18.4. The van der Waals surface area contributed by atoms with E-state index in [-0.39, 0.29) is 5.92 Å². The van der Waals surface area contributed by atoms with Crippen molar-refractivity contribution < 1.29 is 4.79 Å². The Morgan fingerprint density at radius 1 is 1.12 bits per heavy atom. The van der Waals surface area contributed by atoms with Gasteiger partial charge in [0.2, 0.25) is 5.91 Å². The van der Waals surface area contributed by atoms with E-state index in [4.69, 9.17) is 0 Å². The molecule has 6 heteroatoms. The number of nitriles is 1. The molecule has 1 aromatic heterocycles. The summed E-state index contributed by atoms with van der Waals surface area (Å²) in [4.78, 5) is 16.7. The van der Waals surface area contributed by atoms with Crippen molar-refractivity contribution in [3.05, 3.63) is 16.8 Å². The lowest BCUT2D eigenvalue weighted by atomic mass is 10.0. The number of carbonyl (C=O) groups excluding carboxylic acids is 1. The van der Waals surface area contributed by atoms with Crippen molar-refractivity contribution in [2.75, 3.05) is 31.1 Å². The maximum Gasteiger partial charge on any atom is 0.225 e. The topological polar surface area (TPSA) is 73.1 Å². The number of carbonyl (C=O) groups is 1. The number of amides is 1. The maximum absolute atomic E-state index is 12.6. The molecule has 2 heterocycles. The minimum atomic E-state index is 0.233. The van der Waals surface area contributed by atoms with Crippen molar-refractivity contribution in [2.45, 2.75) is 52.4 Å². The van der Waals surface area contributed by atoms with Crippen molar-refractivity contribution in [3.63, 3.8) is 0 Å². The van der Waals surface area contributed by atoms with Crippen LogP contribution in [-0.4, -0.2) is 47.2 Å². The van der Waals surface area contributed by atoms with Crippen LogP contribution < -0.4 is 4.90 Å². The smallest absolute Gasteiger partial charge is 0.225 e. The lowest BCUT2D eigenvalue weighted by Gasteiger charge is -2.36. The summed E-state index contributed by atoms with van der Waals surface area (Å²) in [6.45, 7) is 6.95. The van der Waals surface area contributed by atoms with Gasteiger partial charge in [-0.25, -0.2) is 0 Å². The van der Waals surface area contributed by atoms with Crippen molar-refractivity contribution in [1.82, 2.24) is 15.1 Å². The number of nitrogens with zero attached hydrogens (tertiary/aromatic N) is 5. The second-order valence-corrected chi connectivity index (χ2v) is 6.94. The van der Waals surface area contributed by atoms with E-state index >= 15 is 0 Å². The lowest BCUT2D eigenvalue weighted by molar-refractivity contribution is -0.135. The quantitative estimate of drug-likeness (QED) is 0.840. The number of aromatic nitrogens is 2. The third-order valence-electron chi connectivity index (χ3n) is 5.53. The lowest BCUT2D eigenvalue weighted by Crippen LogP contribution is -2.50. The summed E-state index contributed by atoms with van der Waals surface area (Å²) >= 11 is 0. The molecule has 0 atom stereocenters. The first kappa shape index (κ1) is 17.7. The number of aryl methyl sites for hydroxylation is 1. The van der Waals surface area contributed by atoms with Crippen LogP contribution in [0.25, 0.3) is 0 Å². The maximum atomic E-state index is 12.6. The zero-order valence-corrected chi connectivity index (χ0v) is 15.3. The Kier molecular flexibility index (Phi) is 5.52. The van der Waals surface area contributed by atoms with Crippen LogP contribution in [-0.2, 0) is 17.6 Å². The van der Waals surface area contributed by atoms with Crippen molar-refractivity contribution >= 4 is 11.7 Å². The number of rotatable bonds is 4. The average molecular weight is 341 g/mol. The van der Waals surface area contributed by atoms with Gasteiger partial charge in [-0.1, -0.05) is 26.7 Å². The Balaban J connectivity index is 1.72. The summed E-state index contributed by atoms with van der Waals surface area (Å²) in [5.41, 5.74) is 2.59. The minimum absolute atomic E-state index is 0.233. The van der Waals surface area contributed by atoms with Crippen LogP contribution in [0.15, 0.2) is 0 Å². The van der Waals surface area contributed by atoms with E-state index in [0.717, 1.165) is 50.0 Å². The van der Waals surface area contributed by atoms with Gasteiger partial charge in [0.15, 0.2) is 5.82 Å². The highest BCUT2D eigenvalue weighted by Crippen LogP contribution is 2.28. The minimum Gasteiger partial charge on any atom is -0.350 e. The molecule has 0 bridgehead atoms. The molecule has 0 N–H and O–H groups in total. The van der Waals surface area contributed by atoms with E-state index in [9.17, 15) is 10.1 Å². The highest BCUT2D eigenvalue weighted by molar-refractivity contribution is 5.79. The average Bonchev–Trinajstić information content (AvgIpc) is 3.21. The van der Waals surface area contributed by atoms with Gasteiger partial charge in [-0.2, -0.15) is 10.4 Å². The third-order valence-corrected chi connectivity index (χ3v) is 5.53. The highest BCUT2D eigenvalue weighted by atomic mass is 16.2. The standard InChI is InChI=1S/C19H27N5O/c1-3-15-16(13-20)18(22-21-17(15)4-2)23-9-11-24(12-10-23)19(25)14-7-5-6-8-14/h14H,3-12H2,1-2H3. The summed E-state index contributed by atoms with van der Waals surface area (Å²) in [7, 11) is 0. The summed E-state index contributed by atoms with van der Waals surface area (Å²) in [5.74, 6) is 1.24. The van der Waals surface area contributed by atoms with Gasteiger partial charge in [0.05, 0.1) is 5.69 Å². The predicted molar refractivity (Wildman–Crippen MR) is 96.3 cm³/mol. The SMILES string of the molecule is CCc1nnc(N2CCN(C(=O)C3CCCC3)CC2)c(C#N)c1CC. The van der Waals surface area contributed by atoms with Gasteiger partial charge >= 0.3 is 0 Å². The second-order valence-electron chi connectivity index (χ2n) is 6.94. The van der Waals surface area contributed by atoms with Crippen LogP contribution >= 0.6 is 0 Å². The molecule has 1 aliphatic heterocycles. The molecule has 0 spiro atoms. The van der Waals surface area contributed by atoms with Gasteiger partial charge in [0.25, 0.3) is 0 Å². The molecule has 1 saturated carbocycles. The predicted octanol–water partition coefficient (Wildman–Crippen LogP) is 2.31. The molecule has 1 amide bonds. The van der Waals surface area contributed by atoms with Crippen molar-refractivity contribution in [2.24, 2.45) is 5.92 Å². The second kappa shape index (κ2) is 7.81. The van der Waals surface area contributed by atoms with E-state index < -0.39 is 0 Å². The molecule has 0 aromatic carbocycles. The van der Waals surface area contributed by atoms with Gasteiger partial charge in [-0.15, -0.1) is 5.10 Å². The van der Waals surface area contributed by atoms with Crippen LogP contribution in [0.4, 0.5) is 5.82 Å². The largest absolute Gasteiger partial charge is 0.350 e. The Morgan fingerprint density at radius 3 is 2.36 bits per heavy atom. The first-order valence-corrected chi connectivity index (χ1v) is 9.51. The van der Waals surface area contributed by atoms with E-state index in [1.54, 1.807) is 0 Å². The Labute approximate surface area is 149 Å². The summed E-state index contributed by atoms with van der Waals surface area (Å²) in [6.07, 6.45) is 6.02. The van der Waals surface area contributed by atoms with Gasteiger partial charge in [0.1, 0.15) is 11.6 Å². The van der Waals surface area contributed by atoms with E-state index in [1.165, 1.54) is 12.8 Å². The van der Waals surface area contributed by atoms with Crippen LogP contribution in [0.5, 0.6) is 0 Å². The Bertz CT molecular complexity index is 667. The molecular formula is C19H27N5O. The fraction of sp³-hybridized carbons (Fsp3) is 0.684. The normalized spacial score (nSPS) is 18.4. The third kappa shape index (κ3) is 3.46. The number of piperazine rings is 1. The molecule has 3 rings (SSSR count). The molecule has 25 heavy (non-hydrogen) atoms. The number of anilines is 1. The molecule has 0 unspecified atom stereocenters. The van der Waals surface area contributed by atoms with Gasteiger partial charge in [-0.3, -0.25) is 4.79 Å². The van der Waals surface area contributed by atoms with Crippen LogP contribution in [0.1, 0.15) is 56.4 Å². The molecule has 1 aromatic rings. The molecule has 134 valence electrons. The number of hydrogen-bond donors (Lipinski definition) is 0. The van der Waals surface area contributed by atoms with Crippen LogP contribution in [0.3, 0.4) is 0 Å². The van der Waals surface area contributed by atoms with E-state index in [0.29, 0.717) is 30.4 Å². The molecule has 1 saturated heterocycles. The fourth-order valence-electron chi connectivity index (χ4n) is 4.07. The van der Waals surface area contributed by atoms with Gasteiger partial charge < -0.3 is 9.80 Å². The van der Waals surface area contributed by atoms with Gasteiger partial charge in [-0.05, 0) is 31.2 Å². The number of hydrogen-bond acceptors (Lipinski definition) is 5. The monoisotopic (exact) mass is 341 g/mol. The first-order valence-electron chi connectivity index (χ1n) is 9.51.